The Bertz CT molecular complexity index is 4120. The first-order valence-electron chi connectivity index (χ1n) is 22.8. The lowest BCUT2D eigenvalue weighted by Gasteiger charge is -2.11. The minimum Gasteiger partial charge on any atom is -0.456 e. The van der Waals surface area contributed by atoms with Crippen LogP contribution in [-0.4, -0.2) is 24.9 Å². The van der Waals surface area contributed by atoms with Crippen LogP contribution in [0.4, 0.5) is 0 Å². The molecule has 8 aromatic carbocycles. The van der Waals surface area contributed by atoms with Crippen LogP contribution in [0.5, 0.6) is 0 Å². The molecule has 0 N–H and O–H groups in total. The quantitative estimate of drug-likeness (QED) is 0.157. The molecule has 0 aliphatic heterocycles. The number of hydrogen-bond donors (Lipinski definition) is 0. The third-order valence-corrected chi connectivity index (χ3v) is 14.4. The fourth-order valence-corrected chi connectivity index (χ4v) is 11.1. The summed E-state index contributed by atoms with van der Waals surface area (Å²) >= 11 is 1.84. The van der Waals surface area contributed by atoms with Crippen molar-refractivity contribution in [3.05, 3.63) is 213 Å². The number of aromatic nitrogens is 5. The van der Waals surface area contributed by atoms with E-state index in [0.717, 1.165) is 93.9 Å². The summed E-state index contributed by atoms with van der Waals surface area (Å²) in [5, 5.41) is 6.69. The van der Waals surface area contributed by atoms with Crippen LogP contribution in [0.2, 0.25) is 0 Å². The second kappa shape index (κ2) is 15.8. The molecule has 14 aromatic rings. The number of benzene rings is 8. The van der Waals surface area contributed by atoms with Crippen LogP contribution < -0.4 is 0 Å². The summed E-state index contributed by atoms with van der Waals surface area (Å²) in [6, 6.07) is 65.4. The number of thiophene rings is 1. The second-order valence-electron chi connectivity index (χ2n) is 17.3. The minimum absolute atomic E-state index is 0.551. The lowest BCUT2D eigenvalue weighted by Crippen LogP contribution is -2.00. The second-order valence-corrected chi connectivity index (χ2v) is 18.3. The molecule has 0 fully saturated rings. The van der Waals surface area contributed by atoms with E-state index >= 15 is 0 Å². The van der Waals surface area contributed by atoms with Crippen molar-refractivity contribution in [1.29, 1.82) is 0 Å². The van der Waals surface area contributed by atoms with Crippen molar-refractivity contribution in [2.75, 3.05) is 0 Å². The zero-order valence-electron chi connectivity index (χ0n) is 36.7. The van der Waals surface area contributed by atoms with E-state index < -0.39 is 0 Å². The fraction of sp³-hybridized carbons (Fsp3) is 0. The molecule has 0 saturated carbocycles. The summed E-state index contributed by atoms with van der Waals surface area (Å²) in [5.41, 5.74) is 14.7. The van der Waals surface area contributed by atoms with E-state index in [4.69, 9.17) is 23.8 Å². The Balaban J connectivity index is 0.875. The van der Waals surface area contributed by atoms with Crippen LogP contribution in [0.3, 0.4) is 0 Å². The van der Waals surface area contributed by atoms with E-state index in [1.807, 2.05) is 96.8 Å². The molecule has 0 amide bonds. The SMILES string of the molecule is c1cncc(-c2cc(-c3cccnc3)cc(-c3cccc4c3sc3c(-c5ccc(-c6nc(-c7ccc8c(c7)oc7ccccc78)nc(-c7ccc8c(c7)oc7ccccc78)n6)cc5)cccc34)c2)c1. The topological polar surface area (TPSA) is 90.7 Å². The van der Waals surface area contributed by atoms with Gasteiger partial charge in [0.15, 0.2) is 17.5 Å². The van der Waals surface area contributed by atoms with Gasteiger partial charge in [-0.3, -0.25) is 9.97 Å². The number of para-hydroxylation sites is 2. The summed E-state index contributed by atoms with van der Waals surface area (Å²) in [6.45, 7) is 0. The monoisotopic (exact) mass is 901 g/mol. The zero-order valence-corrected chi connectivity index (χ0v) is 37.5. The molecule has 8 heteroatoms. The Hall–Kier alpha value is -9.11. The molecule has 322 valence electrons. The molecular formula is C61H35N5O2S. The molecule has 0 aliphatic rings. The van der Waals surface area contributed by atoms with E-state index in [2.05, 4.69) is 137 Å². The molecule has 0 unspecified atom stereocenters. The fourth-order valence-electron chi connectivity index (χ4n) is 9.75. The van der Waals surface area contributed by atoms with Gasteiger partial charge in [-0.1, -0.05) is 121 Å². The number of pyridine rings is 2. The average Bonchev–Trinajstić information content (AvgIpc) is 4.12. The Morgan fingerprint density at radius 1 is 0.290 bits per heavy atom. The third kappa shape index (κ3) is 6.68. The van der Waals surface area contributed by atoms with Crippen molar-refractivity contribution >= 4 is 75.4 Å². The highest BCUT2D eigenvalue weighted by molar-refractivity contribution is 7.26. The standard InChI is InChI=1S/C61H35N5O2S/c1-3-17-53-47(11-1)49-25-23-38(32-55(49)67-53)60-64-59(65-61(66-60)39-24-26-50-48-12-2-4-18-54(48)68-56(50)33-39)37-21-19-36(20-22-37)45-13-5-15-51-52-16-6-14-46(58(52)69-57(45)51)44-30-42(40-9-7-27-62-34-40)29-43(31-44)41-10-8-28-63-35-41/h1-35H. The van der Waals surface area contributed by atoms with Gasteiger partial charge in [-0.25, -0.2) is 15.0 Å². The first-order chi connectivity index (χ1) is 34.1. The predicted octanol–water partition coefficient (Wildman–Crippen LogP) is 16.5. The molecule has 0 atom stereocenters. The van der Waals surface area contributed by atoms with Crippen LogP contribution in [0.25, 0.3) is 143 Å². The number of furan rings is 2. The highest BCUT2D eigenvalue weighted by Crippen LogP contribution is 2.45. The van der Waals surface area contributed by atoms with Crippen LogP contribution in [0.15, 0.2) is 222 Å². The van der Waals surface area contributed by atoms with Gasteiger partial charge in [-0.05, 0) is 100 Å². The summed E-state index contributed by atoms with van der Waals surface area (Å²) in [6.07, 6.45) is 7.48. The van der Waals surface area contributed by atoms with Crippen LogP contribution in [0.1, 0.15) is 0 Å². The highest BCUT2D eigenvalue weighted by Gasteiger charge is 2.19. The van der Waals surface area contributed by atoms with Gasteiger partial charge in [0.05, 0.1) is 0 Å². The Kier molecular flexibility index (Phi) is 8.93. The number of fused-ring (bicyclic) bond motifs is 9. The molecule has 7 nitrogen and oxygen atoms in total. The van der Waals surface area contributed by atoms with E-state index in [1.54, 1.807) is 0 Å². The maximum absolute atomic E-state index is 6.31. The number of rotatable bonds is 7. The number of nitrogens with zero attached hydrogens (tertiary/aromatic N) is 5. The van der Waals surface area contributed by atoms with Crippen molar-refractivity contribution < 1.29 is 8.83 Å². The zero-order chi connectivity index (χ0) is 45.4. The van der Waals surface area contributed by atoms with Crippen molar-refractivity contribution in [3.8, 4) is 78.7 Å². The first kappa shape index (κ1) is 39.1. The molecule has 6 heterocycles. The maximum atomic E-state index is 6.31. The van der Waals surface area contributed by atoms with Gasteiger partial charge in [0.1, 0.15) is 22.3 Å². The van der Waals surface area contributed by atoms with Gasteiger partial charge < -0.3 is 8.83 Å². The van der Waals surface area contributed by atoms with Crippen LogP contribution in [0, 0.1) is 0 Å². The van der Waals surface area contributed by atoms with E-state index in [1.165, 1.54) is 31.3 Å². The third-order valence-electron chi connectivity index (χ3n) is 13.1. The molecule has 0 bridgehead atoms. The van der Waals surface area contributed by atoms with Crippen molar-refractivity contribution in [2.24, 2.45) is 0 Å². The largest absolute Gasteiger partial charge is 0.456 e. The Labute approximate surface area is 398 Å². The minimum atomic E-state index is 0.551. The van der Waals surface area contributed by atoms with Gasteiger partial charge in [-0.2, -0.15) is 0 Å². The average molecular weight is 902 g/mol. The lowest BCUT2D eigenvalue weighted by molar-refractivity contribution is 0.668. The van der Waals surface area contributed by atoms with E-state index in [0.29, 0.717) is 17.5 Å². The molecule has 0 saturated heterocycles. The van der Waals surface area contributed by atoms with Crippen molar-refractivity contribution in [1.82, 2.24) is 24.9 Å². The molecular weight excluding hydrogens is 867 g/mol. The summed E-state index contributed by atoms with van der Waals surface area (Å²) < 4.78 is 15.1. The normalized spacial score (nSPS) is 11.8. The van der Waals surface area contributed by atoms with Crippen LogP contribution >= 0.6 is 11.3 Å². The lowest BCUT2D eigenvalue weighted by atomic mass is 9.93. The maximum Gasteiger partial charge on any atom is 0.164 e. The summed E-state index contributed by atoms with van der Waals surface area (Å²) in [4.78, 5) is 24.3. The van der Waals surface area contributed by atoms with E-state index in [-0.39, 0.29) is 0 Å². The van der Waals surface area contributed by atoms with Crippen LogP contribution in [-0.2, 0) is 0 Å². The number of hydrogen-bond acceptors (Lipinski definition) is 8. The van der Waals surface area contributed by atoms with Gasteiger partial charge in [0, 0.05) is 94.3 Å². The van der Waals surface area contributed by atoms with Gasteiger partial charge in [-0.15, -0.1) is 11.3 Å². The van der Waals surface area contributed by atoms with Gasteiger partial charge in [0.2, 0.25) is 0 Å². The van der Waals surface area contributed by atoms with E-state index in [9.17, 15) is 0 Å². The van der Waals surface area contributed by atoms with Crippen molar-refractivity contribution in [2.45, 2.75) is 0 Å². The highest BCUT2D eigenvalue weighted by atomic mass is 32.1. The summed E-state index contributed by atoms with van der Waals surface area (Å²) in [5.74, 6) is 1.67. The predicted molar refractivity (Wildman–Crippen MR) is 281 cm³/mol. The Morgan fingerprint density at radius 3 is 1.25 bits per heavy atom. The molecule has 14 rings (SSSR count). The summed E-state index contributed by atoms with van der Waals surface area (Å²) in [7, 11) is 0. The molecule has 69 heavy (non-hydrogen) atoms. The first-order valence-corrected chi connectivity index (χ1v) is 23.6. The smallest absolute Gasteiger partial charge is 0.164 e. The molecule has 6 aromatic heterocycles. The van der Waals surface area contributed by atoms with Gasteiger partial charge in [0.25, 0.3) is 0 Å². The molecule has 0 aliphatic carbocycles. The Morgan fingerprint density at radius 2 is 0.725 bits per heavy atom. The molecule has 0 radical (unpaired) electrons. The van der Waals surface area contributed by atoms with Crippen molar-refractivity contribution in [3.63, 3.8) is 0 Å². The molecule has 0 spiro atoms. The van der Waals surface area contributed by atoms with Gasteiger partial charge >= 0.3 is 0 Å².